The van der Waals surface area contributed by atoms with Crippen molar-refractivity contribution in [2.75, 3.05) is 0 Å². The fourth-order valence-electron chi connectivity index (χ4n) is 1.72. The predicted molar refractivity (Wildman–Crippen MR) is 79.7 cm³/mol. The Labute approximate surface area is 128 Å². The molecule has 1 heterocycles. The highest BCUT2D eigenvalue weighted by molar-refractivity contribution is 6.30. The van der Waals surface area contributed by atoms with Gasteiger partial charge in [-0.15, -0.1) is 0 Å². The van der Waals surface area contributed by atoms with Crippen LogP contribution in [0.25, 0.3) is 0 Å². The molecule has 2 rings (SSSR count). The maximum atomic E-state index is 13.1. The molecule has 21 heavy (non-hydrogen) atoms. The molecule has 0 saturated heterocycles. The van der Waals surface area contributed by atoms with Crippen molar-refractivity contribution < 1.29 is 8.91 Å². The molecule has 0 aliphatic carbocycles. The summed E-state index contributed by atoms with van der Waals surface area (Å²) in [6.45, 7) is 8.56. The second kappa shape index (κ2) is 6.12. The fraction of sp³-hybridized carbons (Fsp3) is 0.467. The van der Waals surface area contributed by atoms with E-state index in [2.05, 4.69) is 15.5 Å². The lowest BCUT2D eigenvalue weighted by atomic mass is 9.96. The Kier molecular flexibility index (Phi) is 4.64. The topological polar surface area (TPSA) is 51.0 Å². The van der Waals surface area contributed by atoms with Gasteiger partial charge in [0.2, 0.25) is 5.89 Å². The van der Waals surface area contributed by atoms with Crippen molar-refractivity contribution in [3.05, 3.63) is 46.3 Å². The average molecular weight is 312 g/mol. The van der Waals surface area contributed by atoms with Crippen LogP contribution in [-0.4, -0.2) is 10.1 Å². The maximum absolute atomic E-state index is 13.1. The van der Waals surface area contributed by atoms with E-state index in [-0.39, 0.29) is 16.5 Å². The lowest BCUT2D eigenvalue weighted by Crippen LogP contribution is -2.19. The maximum Gasteiger partial charge on any atom is 0.243 e. The number of hydrogen-bond acceptors (Lipinski definition) is 4. The van der Waals surface area contributed by atoms with Gasteiger partial charge in [-0.05, 0) is 24.6 Å². The number of rotatable bonds is 4. The third-order valence-corrected chi connectivity index (χ3v) is 3.37. The molecule has 0 amide bonds. The van der Waals surface area contributed by atoms with Gasteiger partial charge in [-0.3, -0.25) is 0 Å². The number of halogens is 2. The number of hydrogen-bond donors (Lipinski definition) is 1. The van der Waals surface area contributed by atoms with E-state index < -0.39 is 5.82 Å². The molecule has 0 spiro atoms. The quantitative estimate of drug-likeness (QED) is 0.927. The minimum Gasteiger partial charge on any atom is -0.338 e. The summed E-state index contributed by atoms with van der Waals surface area (Å²) < 4.78 is 18.4. The zero-order chi connectivity index (χ0) is 15.6. The van der Waals surface area contributed by atoms with Gasteiger partial charge in [0.1, 0.15) is 5.82 Å². The highest BCUT2D eigenvalue weighted by Crippen LogP contribution is 2.21. The summed E-state index contributed by atoms with van der Waals surface area (Å²) in [4.78, 5) is 4.40. The second-order valence-corrected chi connectivity index (χ2v) is 6.46. The first-order valence-electron chi connectivity index (χ1n) is 6.79. The van der Waals surface area contributed by atoms with E-state index in [9.17, 15) is 4.39 Å². The third-order valence-electron chi connectivity index (χ3n) is 3.08. The Morgan fingerprint density at radius 1 is 1.38 bits per heavy atom. The van der Waals surface area contributed by atoms with Crippen molar-refractivity contribution in [1.29, 1.82) is 0 Å². The van der Waals surface area contributed by atoms with Gasteiger partial charge in [-0.1, -0.05) is 43.6 Å². The molecule has 6 heteroatoms. The summed E-state index contributed by atoms with van der Waals surface area (Å²) in [6.07, 6.45) is 0. The zero-order valence-corrected chi connectivity index (χ0v) is 13.3. The van der Waals surface area contributed by atoms with E-state index in [0.717, 1.165) is 5.56 Å². The van der Waals surface area contributed by atoms with E-state index >= 15 is 0 Å². The van der Waals surface area contributed by atoms with E-state index in [1.165, 1.54) is 6.07 Å². The van der Waals surface area contributed by atoms with Crippen molar-refractivity contribution in [2.45, 2.75) is 45.7 Å². The Morgan fingerprint density at radius 3 is 2.67 bits per heavy atom. The normalized spacial score (nSPS) is 13.4. The summed E-state index contributed by atoms with van der Waals surface area (Å²) >= 11 is 5.76. The van der Waals surface area contributed by atoms with Crippen LogP contribution in [-0.2, 0) is 12.0 Å². The highest BCUT2D eigenvalue weighted by atomic mass is 35.5. The Hall–Kier alpha value is -1.46. The monoisotopic (exact) mass is 311 g/mol. The van der Waals surface area contributed by atoms with Crippen molar-refractivity contribution in [3.8, 4) is 0 Å². The van der Waals surface area contributed by atoms with Crippen LogP contribution in [0.5, 0.6) is 0 Å². The summed E-state index contributed by atoms with van der Waals surface area (Å²) in [5.41, 5.74) is 0.746. The van der Waals surface area contributed by atoms with Crippen LogP contribution in [0, 0.1) is 5.82 Å². The molecule has 1 aromatic carbocycles. The average Bonchev–Trinajstić information content (AvgIpc) is 2.89. The van der Waals surface area contributed by atoms with E-state index in [1.807, 2.05) is 27.7 Å². The predicted octanol–water partition coefficient (Wildman–Crippen LogP) is 4.01. The van der Waals surface area contributed by atoms with Crippen molar-refractivity contribution in [2.24, 2.45) is 0 Å². The molecule has 114 valence electrons. The molecular formula is C15H19ClFN3O. The number of benzene rings is 1. The van der Waals surface area contributed by atoms with Gasteiger partial charge in [-0.2, -0.15) is 4.98 Å². The molecule has 0 bridgehead atoms. The van der Waals surface area contributed by atoms with Crippen LogP contribution in [0.2, 0.25) is 5.02 Å². The lowest BCUT2D eigenvalue weighted by Gasteiger charge is -2.12. The summed E-state index contributed by atoms with van der Waals surface area (Å²) in [5, 5.41) is 7.36. The van der Waals surface area contributed by atoms with Crippen LogP contribution < -0.4 is 5.32 Å². The lowest BCUT2D eigenvalue weighted by molar-refractivity contribution is 0.330. The molecule has 4 nitrogen and oxygen atoms in total. The van der Waals surface area contributed by atoms with Gasteiger partial charge in [0, 0.05) is 12.0 Å². The SMILES string of the molecule is CC(NCc1ccc(F)c(Cl)c1)c1nc(C(C)(C)C)no1. The molecule has 1 unspecified atom stereocenters. The molecule has 0 radical (unpaired) electrons. The van der Waals surface area contributed by atoms with Crippen LogP contribution >= 0.6 is 11.6 Å². The first-order chi connectivity index (χ1) is 9.77. The summed E-state index contributed by atoms with van der Waals surface area (Å²) in [5.74, 6) is 0.796. The fourth-order valence-corrected chi connectivity index (χ4v) is 1.93. The molecule has 0 fully saturated rings. The molecule has 1 aromatic heterocycles. The number of nitrogens with one attached hydrogen (secondary N) is 1. The number of aromatic nitrogens is 2. The van der Waals surface area contributed by atoms with Crippen LogP contribution in [0.15, 0.2) is 22.7 Å². The van der Waals surface area contributed by atoms with Crippen molar-refractivity contribution >= 4 is 11.6 Å². The minimum absolute atomic E-state index is 0.0996. The molecule has 1 N–H and O–H groups in total. The molecule has 0 aliphatic heterocycles. The Morgan fingerprint density at radius 2 is 2.10 bits per heavy atom. The van der Waals surface area contributed by atoms with Crippen LogP contribution in [0.4, 0.5) is 4.39 Å². The van der Waals surface area contributed by atoms with Gasteiger partial charge < -0.3 is 9.84 Å². The summed E-state index contributed by atoms with van der Waals surface area (Å²) in [7, 11) is 0. The number of nitrogens with zero attached hydrogens (tertiary/aromatic N) is 2. The molecule has 2 aromatic rings. The molecule has 0 aliphatic rings. The first-order valence-corrected chi connectivity index (χ1v) is 7.16. The van der Waals surface area contributed by atoms with E-state index in [4.69, 9.17) is 16.1 Å². The van der Waals surface area contributed by atoms with Gasteiger partial charge in [0.25, 0.3) is 0 Å². The van der Waals surface area contributed by atoms with Crippen molar-refractivity contribution in [3.63, 3.8) is 0 Å². The highest BCUT2D eigenvalue weighted by Gasteiger charge is 2.22. The molecular weight excluding hydrogens is 293 g/mol. The van der Waals surface area contributed by atoms with Gasteiger partial charge in [0.05, 0.1) is 11.1 Å². The third kappa shape index (κ3) is 4.02. The molecule has 0 saturated carbocycles. The van der Waals surface area contributed by atoms with Crippen LogP contribution in [0.3, 0.4) is 0 Å². The van der Waals surface area contributed by atoms with Crippen LogP contribution in [0.1, 0.15) is 51.0 Å². The van der Waals surface area contributed by atoms with Gasteiger partial charge in [0.15, 0.2) is 5.82 Å². The minimum atomic E-state index is -0.416. The Balaban J connectivity index is 1.99. The standard InChI is InChI=1S/C15H19ClFN3O/c1-9(13-19-14(20-21-13)15(2,3)4)18-8-10-5-6-12(17)11(16)7-10/h5-7,9,18H,8H2,1-4H3. The van der Waals surface area contributed by atoms with Gasteiger partial charge >= 0.3 is 0 Å². The van der Waals surface area contributed by atoms with E-state index in [1.54, 1.807) is 12.1 Å². The smallest absolute Gasteiger partial charge is 0.243 e. The second-order valence-electron chi connectivity index (χ2n) is 6.06. The Bertz CT molecular complexity index is 622. The first kappa shape index (κ1) is 15.9. The largest absolute Gasteiger partial charge is 0.338 e. The van der Waals surface area contributed by atoms with Crippen molar-refractivity contribution in [1.82, 2.24) is 15.5 Å². The van der Waals surface area contributed by atoms with E-state index in [0.29, 0.717) is 18.3 Å². The summed E-state index contributed by atoms with van der Waals surface area (Å²) in [6, 6.07) is 4.55. The molecule has 1 atom stereocenters. The zero-order valence-electron chi connectivity index (χ0n) is 12.6. The van der Waals surface area contributed by atoms with Gasteiger partial charge in [-0.25, -0.2) is 4.39 Å².